The predicted molar refractivity (Wildman–Crippen MR) is 69.9 cm³/mol. The highest BCUT2D eigenvalue weighted by atomic mass is 16.5. The van der Waals surface area contributed by atoms with E-state index in [4.69, 9.17) is 9.84 Å². The first-order valence-corrected chi connectivity index (χ1v) is 6.35. The summed E-state index contributed by atoms with van der Waals surface area (Å²) in [7, 11) is 0. The van der Waals surface area contributed by atoms with Crippen molar-refractivity contribution in [2.24, 2.45) is 5.41 Å². The van der Waals surface area contributed by atoms with Crippen LogP contribution in [-0.4, -0.2) is 17.2 Å². The minimum atomic E-state index is -0.746. The van der Waals surface area contributed by atoms with Crippen LogP contribution in [0.2, 0.25) is 0 Å². The Labute approximate surface area is 108 Å². The lowest BCUT2D eigenvalue weighted by atomic mass is 9.78. The van der Waals surface area contributed by atoms with Crippen molar-refractivity contribution >= 4 is 5.97 Å². The lowest BCUT2D eigenvalue weighted by Gasteiger charge is -2.38. The fourth-order valence-electron chi connectivity index (χ4n) is 2.45. The van der Waals surface area contributed by atoms with Crippen LogP contribution in [0.15, 0.2) is 24.3 Å². The normalized spacial score (nSPS) is 23.1. The van der Waals surface area contributed by atoms with Gasteiger partial charge in [0.1, 0.15) is 11.9 Å². The van der Waals surface area contributed by atoms with E-state index in [-0.39, 0.29) is 23.9 Å². The van der Waals surface area contributed by atoms with Crippen LogP contribution >= 0.6 is 0 Å². The molecule has 0 spiro atoms. The van der Waals surface area contributed by atoms with Crippen LogP contribution in [0.5, 0.6) is 5.75 Å². The van der Waals surface area contributed by atoms with Gasteiger partial charge in [0, 0.05) is 5.92 Å². The summed E-state index contributed by atoms with van der Waals surface area (Å²) in [5.74, 6) is 0.149. The standard InChI is InChI=1S/C15H20O3/c1-15(2,3)13-8-10(9-14(16)17)11-6-4-5-7-12(11)18-13/h4-7,10,13H,8-9H2,1-3H3,(H,16,17). The molecule has 3 nitrogen and oxygen atoms in total. The molecule has 1 aliphatic heterocycles. The van der Waals surface area contributed by atoms with Crippen LogP contribution in [0, 0.1) is 5.41 Å². The molecule has 18 heavy (non-hydrogen) atoms. The van der Waals surface area contributed by atoms with Crippen molar-refractivity contribution in [1.82, 2.24) is 0 Å². The Morgan fingerprint density at radius 1 is 1.39 bits per heavy atom. The van der Waals surface area contributed by atoms with Crippen molar-refractivity contribution in [3.8, 4) is 5.75 Å². The van der Waals surface area contributed by atoms with Gasteiger partial charge in [-0.25, -0.2) is 0 Å². The molecule has 0 radical (unpaired) electrons. The second-order valence-corrected chi connectivity index (χ2v) is 6.04. The number of carboxylic acid groups (broad SMARTS) is 1. The van der Waals surface area contributed by atoms with E-state index in [0.717, 1.165) is 17.7 Å². The largest absolute Gasteiger partial charge is 0.490 e. The van der Waals surface area contributed by atoms with Crippen molar-refractivity contribution in [2.45, 2.75) is 45.6 Å². The number of rotatable bonds is 2. The summed E-state index contributed by atoms with van der Waals surface area (Å²) in [5.41, 5.74) is 1.05. The molecule has 1 aromatic carbocycles. The van der Waals surface area contributed by atoms with Crippen LogP contribution in [0.4, 0.5) is 0 Å². The van der Waals surface area contributed by atoms with E-state index in [2.05, 4.69) is 20.8 Å². The van der Waals surface area contributed by atoms with E-state index in [0.29, 0.717) is 0 Å². The molecule has 0 aromatic heterocycles. The lowest BCUT2D eigenvalue weighted by Crippen LogP contribution is -2.37. The summed E-state index contributed by atoms with van der Waals surface area (Å²) in [4.78, 5) is 11.0. The third kappa shape index (κ3) is 2.66. The third-order valence-electron chi connectivity index (χ3n) is 3.51. The predicted octanol–water partition coefficient (Wildman–Crippen LogP) is 3.44. The molecule has 1 aromatic rings. The van der Waals surface area contributed by atoms with Gasteiger partial charge in [-0.1, -0.05) is 39.0 Å². The van der Waals surface area contributed by atoms with Crippen LogP contribution in [0.1, 0.15) is 45.1 Å². The van der Waals surface area contributed by atoms with E-state index in [9.17, 15) is 4.79 Å². The Hall–Kier alpha value is -1.51. The molecule has 2 atom stereocenters. The first-order valence-electron chi connectivity index (χ1n) is 6.35. The number of hydrogen-bond acceptors (Lipinski definition) is 2. The highest BCUT2D eigenvalue weighted by Crippen LogP contribution is 2.42. The minimum Gasteiger partial charge on any atom is -0.490 e. The molecule has 0 fully saturated rings. The maximum Gasteiger partial charge on any atom is 0.303 e. The quantitative estimate of drug-likeness (QED) is 0.872. The topological polar surface area (TPSA) is 46.5 Å². The van der Waals surface area contributed by atoms with Gasteiger partial charge in [0.05, 0.1) is 6.42 Å². The summed E-state index contributed by atoms with van der Waals surface area (Å²) in [6.45, 7) is 6.39. The molecular formula is C15H20O3. The Bertz CT molecular complexity index is 445. The average molecular weight is 248 g/mol. The molecule has 0 bridgehead atoms. The molecule has 3 heteroatoms. The fourth-order valence-corrected chi connectivity index (χ4v) is 2.45. The molecular weight excluding hydrogens is 228 g/mol. The van der Waals surface area contributed by atoms with Crippen LogP contribution in [0.3, 0.4) is 0 Å². The van der Waals surface area contributed by atoms with Gasteiger partial charge >= 0.3 is 5.97 Å². The average Bonchev–Trinajstić information content (AvgIpc) is 2.27. The number of carboxylic acids is 1. The second-order valence-electron chi connectivity index (χ2n) is 6.04. The Balaban J connectivity index is 2.32. The number of benzene rings is 1. The highest BCUT2D eigenvalue weighted by Gasteiger charge is 2.35. The summed E-state index contributed by atoms with van der Waals surface area (Å²) in [6, 6.07) is 7.78. The summed E-state index contributed by atoms with van der Waals surface area (Å²) in [6.07, 6.45) is 1.01. The molecule has 98 valence electrons. The van der Waals surface area contributed by atoms with Gasteiger partial charge in [-0.3, -0.25) is 4.79 Å². The van der Waals surface area contributed by atoms with E-state index in [1.807, 2.05) is 24.3 Å². The second kappa shape index (κ2) is 4.63. The number of para-hydroxylation sites is 1. The molecule has 1 heterocycles. The first kappa shape index (κ1) is 12.9. The van der Waals surface area contributed by atoms with Crippen LogP contribution in [-0.2, 0) is 4.79 Å². The Morgan fingerprint density at radius 2 is 2.06 bits per heavy atom. The maximum absolute atomic E-state index is 11.0. The van der Waals surface area contributed by atoms with Gasteiger partial charge in [0.2, 0.25) is 0 Å². The van der Waals surface area contributed by atoms with Crippen molar-refractivity contribution in [3.63, 3.8) is 0 Å². The summed E-state index contributed by atoms with van der Waals surface area (Å²) >= 11 is 0. The maximum atomic E-state index is 11.0. The van der Waals surface area contributed by atoms with Crippen LogP contribution < -0.4 is 4.74 Å². The van der Waals surface area contributed by atoms with Crippen molar-refractivity contribution in [1.29, 1.82) is 0 Å². The van der Waals surface area contributed by atoms with Crippen molar-refractivity contribution < 1.29 is 14.6 Å². The van der Waals surface area contributed by atoms with Gasteiger partial charge in [0.15, 0.2) is 0 Å². The van der Waals surface area contributed by atoms with Crippen molar-refractivity contribution in [2.75, 3.05) is 0 Å². The van der Waals surface area contributed by atoms with E-state index >= 15 is 0 Å². The number of ether oxygens (including phenoxy) is 1. The van der Waals surface area contributed by atoms with Gasteiger partial charge in [-0.15, -0.1) is 0 Å². The zero-order valence-electron chi connectivity index (χ0n) is 11.1. The molecule has 0 amide bonds. The lowest BCUT2D eigenvalue weighted by molar-refractivity contribution is -0.137. The third-order valence-corrected chi connectivity index (χ3v) is 3.51. The van der Waals surface area contributed by atoms with E-state index < -0.39 is 5.97 Å². The Kier molecular flexibility index (Phi) is 3.33. The summed E-state index contributed by atoms with van der Waals surface area (Å²) in [5, 5.41) is 9.04. The minimum absolute atomic E-state index is 0.0181. The Morgan fingerprint density at radius 3 is 2.67 bits per heavy atom. The zero-order chi connectivity index (χ0) is 13.3. The number of aliphatic carboxylic acids is 1. The van der Waals surface area contributed by atoms with Crippen LogP contribution in [0.25, 0.3) is 0 Å². The molecule has 2 rings (SSSR count). The van der Waals surface area contributed by atoms with Gasteiger partial charge in [-0.05, 0) is 23.5 Å². The fraction of sp³-hybridized carbons (Fsp3) is 0.533. The molecule has 0 aliphatic carbocycles. The van der Waals surface area contributed by atoms with Crippen molar-refractivity contribution in [3.05, 3.63) is 29.8 Å². The highest BCUT2D eigenvalue weighted by molar-refractivity contribution is 5.68. The molecule has 2 unspecified atom stereocenters. The SMILES string of the molecule is CC(C)(C)C1CC(CC(=O)O)c2ccccc2O1. The van der Waals surface area contributed by atoms with E-state index in [1.54, 1.807) is 0 Å². The molecule has 1 aliphatic rings. The molecule has 1 N–H and O–H groups in total. The summed E-state index contributed by atoms with van der Waals surface area (Å²) < 4.78 is 6.02. The molecule has 0 saturated carbocycles. The smallest absolute Gasteiger partial charge is 0.303 e. The number of fused-ring (bicyclic) bond motifs is 1. The van der Waals surface area contributed by atoms with Gasteiger partial charge < -0.3 is 9.84 Å². The van der Waals surface area contributed by atoms with Gasteiger partial charge in [-0.2, -0.15) is 0 Å². The molecule has 0 saturated heterocycles. The van der Waals surface area contributed by atoms with Gasteiger partial charge in [0.25, 0.3) is 0 Å². The number of carbonyl (C=O) groups is 1. The number of hydrogen-bond donors (Lipinski definition) is 1. The van der Waals surface area contributed by atoms with E-state index in [1.165, 1.54) is 0 Å². The zero-order valence-corrected chi connectivity index (χ0v) is 11.1. The first-order chi connectivity index (χ1) is 8.38. The monoisotopic (exact) mass is 248 g/mol.